The molecular formula is C13H12N2O4S2. The number of ether oxygens (including phenoxy) is 1. The van der Waals surface area contributed by atoms with Crippen LogP contribution in [0, 0.1) is 0 Å². The van der Waals surface area contributed by atoms with Crippen LogP contribution in [-0.2, 0) is 15.6 Å². The second-order valence-electron chi connectivity index (χ2n) is 4.02. The number of nitrogens with one attached hydrogen (secondary N) is 1. The predicted molar refractivity (Wildman–Crippen MR) is 80.2 cm³/mol. The van der Waals surface area contributed by atoms with Gasteiger partial charge in [-0.3, -0.25) is 19.1 Å². The normalized spacial score (nSPS) is 11.7. The van der Waals surface area contributed by atoms with Gasteiger partial charge in [0.2, 0.25) is 0 Å². The van der Waals surface area contributed by atoms with Crippen molar-refractivity contribution in [2.45, 2.75) is 11.9 Å². The van der Waals surface area contributed by atoms with Gasteiger partial charge in [0.05, 0.1) is 10.8 Å². The highest BCUT2D eigenvalue weighted by Crippen LogP contribution is 2.19. The fourth-order valence-corrected chi connectivity index (χ4v) is 3.02. The van der Waals surface area contributed by atoms with Gasteiger partial charge in [-0.15, -0.1) is 11.3 Å². The van der Waals surface area contributed by atoms with Crippen LogP contribution in [0.3, 0.4) is 0 Å². The van der Waals surface area contributed by atoms with Gasteiger partial charge in [0, 0.05) is 24.1 Å². The Morgan fingerprint density at radius 1 is 1.38 bits per heavy atom. The van der Waals surface area contributed by atoms with E-state index in [1.165, 1.54) is 30.6 Å². The number of aromatic nitrogens is 1. The molecule has 110 valence electrons. The van der Waals surface area contributed by atoms with Crippen LogP contribution in [0.25, 0.3) is 0 Å². The Balaban J connectivity index is 2.12. The third-order valence-corrected chi connectivity index (χ3v) is 4.06. The SMILES string of the molecule is CC(=O)Oc1cccc(C(=O)Nc2nc(S(C)=O)cs2)c1. The summed E-state index contributed by atoms with van der Waals surface area (Å²) in [5.74, 6) is -0.543. The second kappa shape index (κ2) is 6.59. The van der Waals surface area contributed by atoms with E-state index >= 15 is 0 Å². The smallest absolute Gasteiger partial charge is 0.308 e. The summed E-state index contributed by atoms with van der Waals surface area (Å²) in [6.07, 6.45) is 1.52. The zero-order valence-corrected chi connectivity index (χ0v) is 12.9. The number of benzene rings is 1. The number of hydrogen-bond donors (Lipinski definition) is 1. The van der Waals surface area contributed by atoms with Crippen molar-refractivity contribution in [1.82, 2.24) is 4.98 Å². The minimum atomic E-state index is -1.19. The van der Waals surface area contributed by atoms with E-state index in [0.717, 1.165) is 0 Å². The number of thiazole rings is 1. The molecular weight excluding hydrogens is 312 g/mol. The lowest BCUT2D eigenvalue weighted by molar-refractivity contribution is -0.131. The fraction of sp³-hybridized carbons (Fsp3) is 0.154. The summed E-state index contributed by atoms with van der Waals surface area (Å²) in [5.41, 5.74) is 0.336. The molecule has 0 saturated heterocycles. The van der Waals surface area contributed by atoms with Gasteiger partial charge < -0.3 is 4.74 Å². The Morgan fingerprint density at radius 2 is 2.14 bits per heavy atom. The molecule has 8 heteroatoms. The standard InChI is InChI=1S/C13H12N2O4S2/c1-8(16)19-10-5-3-4-9(6-10)12(17)15-13-14-11(7-20-13)21(2)18/h3-7H,1-2H3,(H,14,15,17). The van der Waals surface area contributed by atoms with Gasteiger partial charge in [-0.1, -0.05) is 6.07 Å². The quantitative estimate of drug-likeness (QED) is 0.687. The first-order valence-electron chi connectivity index (χ1n) is 5.84. The van der Waals surface area contributed by atoms with Crippen LogP contribution in [-0.4, -0.2) is 27.3 Å². The number of rotatable bonds is 4. The van der Waals surface area contributed by atoms with E-state index < -0.39 is 16.8 Å². The van der Waals surface area contributed by atoms with Gasteiger partial charge in [-0.05, 0) is 18.2 Å². The van der Waals surface area contributed by atoms with Crippen molar-refractivity contribution in [3.8, 4) is 5.75 Å². The van der Waals surface area contributed by atoms with E-state index in [9.17, 15) is 13.8 Å². The lowest BCUT2D eigenvalue weighted by Gasteiger charge is -2.04. The van der Waals surface area contributed by atoms with Crippen LogP contribution in [0.15, 0.2) is 34.7 Å². The highest BCUT2D eigenvalue weighted by Gasteiger charge is 2.11. The largest absolute Gasteiger partial charge is 0.427 e. The second-order valence-corrected chi connectivity index (χ2v) is 6.21. The minimum Gasteiger partial charge on any atom is -0.427 e. The van der Waals surface area contributed by atoms with E-state index in [-0.39, 0.29) is 5.91 Å². The highest BCUT2D eigenvalue weighted by molar-refractivity contribution is 7.84. The lowest BCUT2D eigenvalue weighted by Crippen LogP contribution is -2.12. The first-order valence-corrected chi connectivity index (χ1v) is 8.28. The van der Waals surface area contributed by atoms with E-state index in [1.54, 1.807) is 23.6 Å². The minimum absolute atomic E-state index is 0.296. The highest BCUT2D eigenvalue weighted by atomic mass is 32.2. The van der Waals surface area contributed by atoms with E-state index in [2.05, 4.69) is 10.3 Å². The number of esters is 1. The number of nitrogens with zero attached hydrogens (tertiary/aromatic N) is 1. The lowest BCUT2D eigenvalue weighted by atomic mass is 10.2. The molecule has 0 aliphatic heterocycles. The topological polar surface area (TPSA) is 85.4 Å². The zero-order valence-electron chi connectivity index (χ0n) is 11.3. The van der Waals surface area contributed by atoms with E-state index in [4.69, 9.17) is 4.74 Å². The summed E-state index contributed by atoms with van der Waals surface area (Å²) in [6.45, 7) is 1.29. The van der Waals surface area contributed by atoms with Crippen molar-refractivity contribution < 1.29 is 18.5 Å². The molecule has 1 aromatic carbocycles. The maximum absolute atomic E-state index is 12.1. The fourth-order valence-electron chi connectivity index (χ4n) is 1.48. The Labute approximate surface area is 127 Å². The van der Waals surface area contributed by atoms with Gasteiger partial charge >= 0.3 is 5.97 Å². The molecule has 0 radical (unpaired) electrons. The van der Waals surface area contributed by atoms with Gasteiger partial charge in [-0.2, -0.15) is 0 Å². The zero-order chi connectivity index (χ0) is 15.4. The van der Waals surface area contributed by atoms with Crippen LogP contribution in [0.2, 0.25) is 0 Å². The van der Waals surface area contributed by atoms with E-state index in [0.29, 0.717) is 21.5 Å². The molecule has 1 N–H and O–H groups in total. The number of amides is 1. The molecule has 1 amide bonds. The Morgan fingerprint density at radius 3 is 2.76 bits per heavy atom. The summed E-state index contributed by atoms with van der Waals surface area (Å²) in [6, 6.07) is 6.25. The van der Waals surface area contributed by atoms with Crippen molar-refractivity contribution in [2.24, 2.45) is 0 Å². The Kier molecular flexibility index (Phi) is 4.81. The van der Waals surface area contributed by atoms with Crippen molar-refractivity contribution in [3.05, 3.63) is 35.2 Å². The molecule has 0 bridgehead atoms. The van der Waals surface area contributed by atoms with Crippen LogP contribution < -0.4 is 10.1 Å². The van der Waals surface area contributed by atoms with Crippen LogP contribution in [0.4, 0.5) is 5.13 Å². The predicted octanol–water partition coefficient (Wildman–Crippen LogP) is 2.06. The Bertz CT molecular complexity index is 712. The third kappa shape index (κ3) is 4.20. The maximum Gasteiger partial charge on any atom is 0.308 e. The van der Waals surface area contributed by atoms with E-state index in [1.807, 2.05) is 0 Å². The van der Waals surface area contributed by atoms with Gasteiger partial charge in [0.25, 0.3) is 5.91 Å². The molecule has 2 aromatic rings. The molecule has 0 aliphatic carbocycles. The first kappa shape index (κ1) is 15.3. The van der Waals surface area contributed by atoms with Crippen molar-refractivity contribution >= 4 is 39.1 Å². The molecule has 1 unspecified atom stereocenters. The summed E-state index contributed by atoms with van der Waals surface area (Å²) in [7, 11) is -1.19. The molecule has 1 atom stereocenters. The summed E-state index contributed by atoms with van der Waals surface area (Å²) < 4.78 is 16.2. The van der Waals surface area contributed by atoms with Gasteiger partial charge in [0.15, 0.2) is 5.13 Å². The number of carbonyl (C=O) groups excluding carboxylic acids is 2. The average molecular weight is 324 g/mol. The molecule has 0 spiro atoms. The third-order valence-electron chi connectivity index (χ3n) is 2.36. The number of carbonyl (C=O) groups is 2. The molecule has 21 heavy (non-hydrogen) atoms. The van der Waals surface area contributed by atoms with Crippen LogP contribution in [0.5, 0.6) is 5.75 Å². The van der Waals surface area contributed by atoms with Gasteiger partial charge in [-0.25, -0.2) is 4.98 Å². The van der Waals surface area contributed by atoms with Crippen molar-refractivity contribution in [2.75, 3.05) is 11.6 Å². The molecule has 0 aliphatic rings. The first-order chi connectivity index (χ1) is 9.95. The molecule has 0 fully saturated rings. The van der Waals surface area contributed by atoms with Gasteiger partial charge in [0.1, 0.15) is 10.8 Å². The summed E-state index contributed by atoms with van der Waals surface area (Å²) in [4.78, 5) is 27.0. The molecule has 1 heterocycles. The van der Waals surface area contributed by atoms with Crippen LogP contribution in [0.1, 0.15) is 17.3 Å². The number of hydrogen-bond acceptors (Lipinski definition) is 6. The molecule has 6 nitrogen and oxygen atoms in total. The van der Waals surface area contributed by atoms with Crippen LogP contribution >= 0.6 is 11.3 Å². The summed E-state index contributed by atoms with van der Waals surface area (Å²) in [5, 5.41) is 5.02. The monoisotopic (exact) mass is 324 g/mol. The molecule has 0 saturated carbocycles. The average Bonchev–Trinajstić information content (AvgIpc) is 2.87. The van der Waals surface area contributed by atoms with Crippen molar-refractivity contribution in [1.29, 1.82) is 0 Å². The van der Waals surface area contributed by atoms with Crippen molar-refractivity contribution in [3.63, 3.8) is 0 Å². The Hall–Kier alpha value is -2.06. The molecule has 2 rings (SSSR count). The molecule has 1 aromatic heterocycles. The summed E-state index contributed by atoms with van der Waals surface area (Å²) >= 11 is 1.19. The maximum atomic E-state index is 12.1. The number of anilines is 1.